The molecule has 0 saturated carbocycles. The molecule has 1 aliphatic rings. The van der Waals surface area contributed by atoms with Crippen LogP contribution in [0.5, 0.6) is 0 Å². The number of amides is 3. The molecule has 3 amide bonds. The molecule has 110 valence electrons. The zero-order valence-electron chi connectivity index (χ0n) is 13.6. The zero-order chi connectivity index (χ0) is 15.2. The van der Waals surface area contributed by atoms with Crippen molar-refractivity contribution in [3.8, 4) is 0 Å². The molecule has 1 saturated heterocycles. The molecule has 19 heavy (non-hydrogen) atoms. The van der Waals surface area contributed by atoms with Crippen molar-refractivity contribution in [2.75, 3.05) is 0 Å². The fourth-order valence-corrected chi connectivity index (χ4v) is 7.02. The van der Waals surface area contributed by atoms with Crippen LogP contribution < -0.4 is 0 Å². The van der Waals surface area contributed by atoms with Gasteiger partial charge in [0.1, 0.15) is 5.54 Å². The number of carbonyl (C=O) groups is 2. The van der Waals surface area contributed by atoms with Crippen LogP contribution in [0.2, 0.25) is 39.3 Å². The van der Waals surface area contributed by atoms with Crippen LogP contribution in [0.25, 0.3) is 0 Å². The van der Waals surface area contributed by atoms with Gasteiger partial charge in [0.05, 0.1) is 0 Å². The van der Waals surface area contributed by atoms with Crippen molar-refractivity contribution in [1.29, 1.82) is 0 Å². The minimum Gasteiger partial charge on any atom is -0.339 e. The monoisotopic (exact) mass is 300 g/mol. The SMILES string of the molecule is CCC1(CC)C(=O)N([Si](C)(C)C)C(=O)N1[Si](C)(C)C. The Balaban J connectivity index is 3.46. The summed E-state index contributed by atoms with van der Waals surface area (Å²) < 4.78 is 3.57. The molecule has 0 atom stereocenters. The average Bonchev–Trinajstić information content (AvgIpc) is 2.44. The molecule has 0 unspecified atom stereocenters. The molecule has 1 rings (SSSR count). The second kappa shape index (κ2) is 4.73. The number of hydrogen-bond donors (Lipinski definition) is 0. The first-order valence-corrected chi connectivity index (χ1v) is 14.0. The topological polar surface area (TPSA) is 40.6 Å². The highest BCUT2D eigenvalue weighted by Gasteiger charge is 2.60. The summed E-state index contributed by atoms with van der Waals surface area (Å²) in [5.41, 5.74) is -0.595. The van der Waals surface area contributed by atoms with E-state index in [0.29, 0.717) is 12.8 Å². The lowest BCUT2D eigenvalue weighted by molar-refractivity contribution is -0.130. The standard InChI is InChI=1S/C13H28N2O2Si2/c1-9-13(10-2)11(16)14(18(3,4)5)12(17)15(13)19(6,7)8/h9-10H2,1-8H3. The van der Waals surface area contributed by atoms with E-state index < -0.39 is 22.0 Å². The lowest BCUT2D eigenvalue weighted by atomic mass is 9.93. The van der Waals surface area contributed by atoms with E-state index in [4.69, 9.17) is 0 Å². The summed E-state index contributed by atoms with van der Waals surface area (Å²) in [5, 5.41) is 0. The molecule has 0 spiro atoms. The molecule has 1 fully saturated rings. The van der Waals surface area contributed by atoms with Gasteiger partial charge in [-0.05, 0) is 12.8 Å². The number of imide groups is 1. The molecular weight excluding hydrogens is 272 g/mol. The van der Waals surface area contributed by atoms with Crippen molar-refractivity contribution in [3.63, 3.8) is 0 Å². The van der Waals surface area contributed by atoms with Gasteiger partial charge < -0.3 is 4.57 Å². The number of urea groups is 1. The molecule has 0 radical (unpaired) electrons. The van der Waals surface area contributed by atoms with Gasteiger partial charge in [0.15, 0.2) is 16.5 Å². The summed E-state index contributed by atoms with van der Waals surface area (Å²) in [6.07, 6.45) is 1.42. The highest BCUT2D eigenvalue weighted by molar-refractivity contribution is 6.81. The number of carbonyl (C=O) groups excluding carboxylic acids is 2. The third-order valence-corrected chi connectivity index (χ3v) is 7.62. The summed E-state index contributed by atoms with van der Waals surface area (Å²) in [7, 11) is -3.86. The van der Waals surface area contributed by atoms with E-state index in [1.54, 1.807) is 4.57 Å². The lowest BCUT2D eigenvalue weighted by Crippen LogP contribution is -2.59. The maximum absolute atomic E-state index is 12.9. The van der Waals surface area contributed by atoms with Gasteiger partial charge in [-0.15, -0.1) is 0 Å². The predicted octanol–water partition coefficient (Wildman–Crippen LogP) is 3.48. The minimum absolute atomic E-state index is 0.0352. The molecule has 0 bridgehead atoms. The van der Waals surface area contributed by atoms with Crippen LogP contribution in [0.1, 0.15) is 26.7 Å². The Hall–Kier alpha value is -0.626. The van der Waals surface area contributed by atoms with Gasteiger partial charge in [0.25, 0.3) is 0 Å². The smallest absolute Gasteiger partial charge is 0.311 e. The van der Waals surface area contributed by atoms with E-state index in [1.165, 1.54) is 0 Å². The molecule has 0 N–H and O–H groups in total. The molecule has 1 heterocycles. The van der Waals surface area contributed by atoms with Crippen molar-refractivity contribution in [3.05, 3.63) is 0 Å². The predicted molar refractivity (Wildman–Crippen MR) is 84.1 cm³/mol. The fraction of sp³-hybridized carbons (Fsp3) is 0.846. The van der Waals surface area contributed by atoms with Crippen LogP contribution in [0.4, 0.5) is 4.79 Å². The Morgan fingerprint density at radius 2 is 1.32 bits per heavy atom. The molecule has 4 nitrogen and oxygen atoms in total. The normalized spacial score (nSPS) is 20.4. The van der Waals surface area contributed by atoms with Crippen molar-refractivity contribution in [2.45, 2.75) is 71.5 Å². The number of nitrogens with zero attached hydrogens (tertiary/aromatic N) is 2. The Morgan fingerprint density at radius 1 is 0.895 bits per heavy atom. The molecular formula is C13H28N2O2Si2. The van der Waals surface area contributed by atoms with E-state index >= 15 is 0 Å². The Kier molecular flexibility index (Phi) is 4.09. The van der Waals surface area contributed by atoms with Crippen molar-refractivity contribution in [2.24, 2.45) is 0 Å². The van der Waals surface area contributed by atoms with Crippen LogP contribution in [-0.4, -0.2) is 43.1 Å². The average molecular weight is 301 g/mol. The summed E-state index contributed by atoms with van der Waals surface area (Å²) in [6.45, 7) is 16.7. The van der Waals surface area contributed by atoms with Crippen molar-refractivity contribution in [1.82, 2.24) is 9.13 Å². The van der Waals surface area contributed by atoms with Gasteiger partial charge in [-0.3, -0.25) is 9.36 Å². The van der Waals surface area contributed by atoms with Crippen LogP contribution >= 0.6 is 0 Å². The molecule has 1 aliphatic heterocycles. The fourth-order valence-electron chi connectivity index (χ4n) is 3.06. The highest BCUT2D eigenvalue weighted by Crippen LogP contribution is 2.40. The quantitative estimate of drug-likeness (QED) is 0.589. The second-order valence-corrected chi connectivity index (χ2v) is 16.9. The minimum atomic E-state index is -1.98. The van der Waals surface area contributed by atoms with Crippen LogP contribution in [0.3, 0.4) is 0 Å². The Labute approximate surface area is 119 Å². The third-order valence-electron chi connectivity index (χ3n) is 3.92. The first-order valence-electron chi connectivity index (χ1n) is 7.12. The van der Waals surface area contributed by atoms with E-state index in [9.17, 15) is 9.59 Å². The molecule has 0 aromatic rings. The molecule has 6 heteroatoms. The van der Waals surface area contributed by atoms with Crippen LogP contribution in [0.15, 0.2) is 0 Å². The molecule has 0 aromatic carbocycles. The number of rotatable bonds is 4. The summed E-state index contributed by atoms with van der Waals surface area (Å²) in [5.74, 6) is 0.0455. The van der Waals surface area contributed by atoms with Crippen molar-refractivity contribution >= 4 is 28.4 Å². The van der Waals surface area contributed by atoms with Gasteiger partial charge in [0, 0.05) is 0 Å². The van der Waals surface area contributed by atoms with Crippen LogP contribution in [-0.2, 0) is 4.79 Å². The summed E-state index contributed by atoms with van der Waals surface area (Å²) >= 11 is 0. The van der Waals surface area contributed by atoms with Crippen LogP contribution in [0, 0.1) is 0 Å². The molecule has 0 aromatic heterocycles. The van der Waals surface area contributed by atoms with Gasteiger partial charge in [-0.2, -0.15) is 0 Å². The third kappa shape index (κ3) is 2.40. The van der Waals surface area contributed by atoms with E-state index in [2.05, 4.69) is 39.3 Å². The van der Waals surface area contributed by atoms with Gasteiger partial charge in [-0.1, -0.05) is 53.1 Å². The highest BCUT2D eigenvalue weighted by atomic mass is 28.3. The molecule has 0 aliphatic carbocycles. The maximum atomic E-state index is 12.9. The van der Waals surface area contributed by atoms with Crippen molar-refractivity contribution < 1.29 is 9.59 Å². The summed E-state index contributed by atoms with van der Waals surface area (Å²) in [6, 6.07) is -0.0352. The van der Waals surface area contributed by atoms with E-state index in [1.807, 2.05) is 18.4 Å². The first kappa shape index (κ1) is 16.4. The number of hydrogen-bond acceptors (Lipinski definition) is 2. The van der Waals surface area contributed by atoms with E-state index in [-0.39, 0.29) is 11.9 Å². The lowest BCUT2D eigenvalue weighted by Gasteiger charge is -2.41. The largest absolute Gasteiger partial charge is 0.339 e. The Bertz CT molecular complexity index is 392. The van der Waals surface area contributed by atoms with E-state index in [0.717, 1.165) is 0 Å². The first-order chi connectivity index (χ1) is 8.43. The van der Waals surface area contributed by atoms with Gasteiger partial charge in [0.2, 0.25) is 5.91 Å². The Morgan fingerprint density at radius 3 is 1.53 bits per heavy atom. The second-order valence-electron chi connectivity index (χ2n) is 7.34. The summed E-state index contributed by atoms with van der Waals surface area (Å²) in [4.78, 5) is 25.8. The maximum Gasteiger partial charge on any atom is 0.311 e. The zero-order valence-corrected chi connectivity index (χ0v) is 15.6. The van der Waals surface area contributed by atoms with Gasteiger partial charge >= 0.3 is 6.03 Å². The van der Waals surface area contributed by atoms with Gasteiger partial charge in [-0.25, -0.2) is 4.79 Å².